The molecule has 2 nitrogen and oxygen atoms in total. The third-order valence-electron chi connectivity index (χ3n) is 3.61. The molecule has 4 heteroatoms. The molecule has 1 saturated carbocycles. The Labute approximate surface area is 129 Å². The first-order chi connectivity index (χ1) is 9.79. The molecule has 3 rings (SSSR count). The first-order valence-corrected chi connectivity index (χ1v) is 9.01. The van der Waals surface area contributed by atoms with Crippen LogP contribution in [0.5, 0.6) is 0 Å². The monoisotopic (exact) mass is 306 g/mol. The molecule has 0 saturated heterocycles. The SMILES string of the molecule is CN(CCc1cccs1)Cc1ccc(CNC2CC2)s1. The Bertz CT molecular complexity index is 514. The Morgan fingerprint density at radius 3 is 2.80 bits per heavy atom. The number of nitrogens with one attached hydrogen (secondary N) is 1. The zero-order chi connectivity index (χ0) is 13.8. The molecule has 2 aromatic heterocycles. The van der Waals surface area contributed by atoms with Gasteiger partial charge in [-0.2, -0.15) is 0 Å². The topological polar surface area (TPSA) is 15.3 Å². The number of hydrogen-bond acceptors (Lipinski definition) is 4. The zero-order valence-corrected chi connectivity index (χ0v) is 13.6. The van der Waals surface area contributed by atoms with E-state index in [1.807, 2.05) is 22.7 Å². The molecule has 2 aromatic rings. The third kappa shape index (κ3) is 4.42. The van der Waals surface area contributed by atoms with Crippen LogP contribution in [0.1, 0.15) is 27.5 Å². The van der Waals surface area contributed by atoms with Gasteiger partial charge >= 0.3 is 0 Å². The molecule has 1 aliphatic carbocycles. The van der Waals surface area contributed by atoms with Gasteiger partial charge in [0, 0.05) is 40.3 Å². The number of rotatable bonds is 8. The number of hydrogen-bond donors (Lipinski definition) is 1. The van der Waals surface area contributed by atoms with Crippen molar-refractivity contribution in [2.45, 2.75) is 38.4 Å². The van der Waals surface area contributed by atoms with Crippen molar-refractivity contribution in [2.24, 2.45) is 0 Å². The van der Waals surface area contributed by atoms with Crippen LogP contribution in [0.3, 0.4) is 0 Å². The van der Waals surface area contributed by atoms with Crippen molar-refractivity contribution in [2.75, 3.05) is 13.6 Å². The van der Waals surface area contributed by atoms with Crippen LogP contribution in [-0.2, 0) is 19.5 Å². The maximum absolute atomic E-state index is 3.58. The Morgan fingerprint density at radius 1 is 1.20 bits per heavy atom. The van der Waals surface area contributed by atoms with E-state index in [0.29, 0.717) is 0 Å². The van der Waals surface area contributed by atoms with Gasteiger partial charge < -0.3 is 10.2 Å². The van der Waals surface area contributed by atoms with Gasteiger partial charge in [0.1, 0.15) is 0 Å². The minimum atomic E-state index is 0.800. The lowest BCUT2D eigenvalue weighted by Crippen LogP contribution is -2.19. The van der Waals surface area contributed by atoms with Crippen LogP contribution >= 0.6 is 22.7 Å². The highest BCUT2D eigenvalue weighted by molar-refractivity contribution is 7.12. The molecule has 0 spiro atoms. The zero-order valence-electron chi connectivity index (χ0n) is 12.0. The van der Waals surface area contributed by atoms with Gasteiger partial charge in [-0.1, -0.05) is 6.07 Å². The maximum Gasteiger partial charge on any atom is 0.0325 e. The molecule has 0 radical (unpaired) electrons. The summed E-state index contributed by atoms with van der Waals surface area (Å²) in [7, 11) is 2.22. The quantitative estimate of drug-likeness (QED) is 0.799. The van der Waals surface area contributed by atoms with Crippen LogP contribution < -0.4 is 5.32 Å². The molecule has 0 bridgehead atoms. The first-order valence-electron chi connectivity index (χ1n) is 7.31. The smallest absolute Gasteiger partial charge is 0.0325 e. The van der Waals surface area contributed by atoms with Crippen molar-refractivity contribution in [1.82, 2.24) is 10.2 Å². The van der Waals surface area contributed by atoms with E-state index in [9.17, 15) is 0 Å². The average molecular weight is 307 g/mol. The average Bonchev–Trinajstić information content (AvgIpc) is 2.94. The molecular formula is C16H22N2S2. The van der Waals surface area contributed by atoms with Crippen LogP contribution in [0.4, 0.5) is 0 Å². The number of nitrogens with zero attached hydrogens (tertiary/aromatic N) is 1. The summed E-state index contributed by atoms with van der Waals surface area (Å²) in [6.45, 7) is 3.25. The van der Waals surface area contributed by atoms with E-state index < -0.39 is 0 Å². The summed E-state index contributed by atoms with van der Waals surface area (Å²) in [5.41, 5.74) is 0. The van der Waals surface area contributed by atoms with Crippen molar-refractivity contribution in [3.8, 4) is 0 Å². The van der Waals surface area contributed by atoms with Crippen molar-refractivity contribution in [1.29, 1.82) is 0 Å². The van der Waals surface area contributed by atoms with E-state index in [1.165, 1.54) is 27.5 Å². The highest BCUT2D eigenvalue weighted by Crippen LogP contribution is 2.22. The minimum Gasteiger partial charge on any atom is -0.309 e. The summed E-state index contributed by atoms with van der Waals surface area (Å²) >= 11 is 3.81. The maximum atomic E-state index is 3.58. The van der Waals surface area contributed by atoms with Gasteiger partial charge in [-0.25, -0.2) is 0 Å². The molecule has 1 N–H and O–H groups in total. The van der Waals surface area contributed by atoms with Crippen LogP contribution in [0, 0.1) is 0 Å². The predicted octanol–water partition coefficient (Wildman–Crippen LogP) is 3.74. The lowest BCUT2D eigenvalue weighted by molar-refractivity contribution is 0.335. The third-order valence-corrected chi connectivity index (χ3v) is 5.61. The van der Waals surface area contributed by atoms with Gasteiger partial charge in [0.2, 0.25) is 0 Å². The second kappa shape index (κ2) is 6.85. The van der Waals surface area contributed by atoms with E-state index in [0.717, 1.165) is 32.1 Å². The first kappa shape index (κ1) is 14.3. The fourth-order valence-electron chi connectivity index (χ4n) is 2.24. The number of thiophene rings is 2. The van der Waals surface area contributed by atoms with Crippen molar-refractivity contribution >= 4 is 22.7 Å². The Hall–Kier alpha value is -0.680. The van der Waals surface area contributed by atoms with Gasteiger partial charge in [0.05, 0.1) is 0 Å². The molecular weight excluding hydrogens is 284 g/mol. The summed E-state index contributed by atoms with van der Waals surface area (Å²) in [6, 6.07) is 9.73. The Balaban J connectivity index is 1.41. The fourth-order valence-corrected chi connectivity index (χ4v) is 3.98. The van der Waals surface area contributed by atoms with Crippen LogP contribution in [0.2, 0.25) is 0 Å². The molecule has 1 aliphatic rings. The van der Waals surface area contributed by atoms with Gasteiger partial charge in [0.15, 0.2) is 0 Å². The predicted molar refractivity (Wildman–Crippen MR) is 88.5 cm³/mol. The van der Waals surface area contributed by atoms with Gasteiger partial charge in [0.25, 0.3) is 0 Å². The summed E-state index contributed by atoms with van der Waals surface area (Å²) in [6.07, 6.45) is 3.89. The summed E-state index contributed by atoms with van der Waals surface area (Å²) < 4.78 is 0. The molecule has 2 heterocycles. The number of likely N-dealkylation sites (N-methyl/N-ethyl adjacent to an activating group) is 1. The Kier molecular flexibility index (Phi) is 4.89. The normalized spacial score (nSPS) is 15.1. The lowest BCUT2D eigenvalue weighted by atomic mass is 10.3. The van der Waals surface area contributed by atoms with Crippen LogP contribution in [-0.4, -0.2) is 24.5 Å². The molecule has 0 atom stereocenters. The summed E-state index contributed by atoms with van der Waals surface area (Å²) in [5, 5.41) is 5.74. The summed E-state index contributed by atoms with van der Waals surface area (Å²) in [4.78, 5) is 6.85. The minimum absolute atomic E-state index is 0.800. The van der Waals surface area contributed by atoms with Gasteiger partial charge in [-0.15, -0.1) is 22.7 Å². The van der Waals surface area contributed by atoms with Gasteiger partial charge in [-0.3, -0.25) is 0 Å². The van der Waals surface area contributed by atoms with Crippen molar-refractivity contribution < 1.29 is 0 Å². The molecule has 108 valence electrons. The fraction of sp³-hybridized carbons (Fsp3) is 0.500. The van der Waals surface area contributed by atoms with Crippen molar-refractivity contribution in [3.05, 3.63) is 44.3 Å². The molecule has 1 fully saturated rings. The van der Waals surface area contributed by atoms with Crippen LogP contribution in [0.25, 0.3) is 0 Å². The van der Waals surface area contributed by atoms with E-state index in [1.54, 1.807) is 0 Å². The standard InChI is InChI=1S/C16H22N2S2/c1-18(9-8-14-3-2-10-19-14)12-16-7-6-15(20-16)11-17-13-4-5-13/h2-3,6-7,10,13,17H,4-5,8-9,11-12H2,1H3. The molecule has 20 heavy (non-hydrogen) atoms. The van der Waals surface area contributed by atoms with E-state index in [2.05, 4.69) is 46.9 Å². The highest BCUT2D eigenvalue weighted by Gasteiger charge is 2.20. The van der Waals surface area contributed by atoms with Gasteiger partial charge in [-0.05, 0) is 49.9 Å². The summed E-state index contributed by atoms with van der Waals surface area (Å²) in [5.74, 6) is 0. The lowest BCUT2D eigenvalue weighted by Gasteiger charge is -2.14. The Morgan fingerprint density at radius 2 is 2.05 bits per heavy atom. The van der Waals surface area contributed by atoms with E-state index in [-0.39, 0.29) is 0 Å². The largest absolute Gasteiger partial charge is 0.309 e. The highest BCUT2D eigenvalue weighted by atomic mass is 32.1. The second-order valence-electron chi connectivity index (χ2n) is 5.59. The van der Waals surface area contributed by atoms with E-state index in [4.69, 9.17) is 0 Å². The second-order valence-corrected chi connectivity index (χ2v) is 7.88. The van der Waals surface area contributed by atoms with Crippen molar-refractivity contribution in [3.63, 3.8) is 0 Å². The van der Waals surface area contributed by atoms with E-state index >= 15 is 0 Å². The molecule has 0 amide bonds. The molecule has 0 aliphatic heterocycles. The van der Waals surface area contributed by atoms with Crippen LogP contribution in [0.15, 0.2) is 29.6 Å². The molecule has 0 unspecified atom stereocenters. The molecule has 0 aromatic carbocycles.